The molecule has 0 aromatic carbocycles. The van der Waals surface area contributed by atoms with Crippen LogP contribution in [-0.2, 0) is 6.42 Å². The average Bonchev–Trinajstić information content (AvgIpc) is 2.55. The van der Waals surface area contributed by atoms with E-state index in [0.29, 0.717) is 28.9 Å². The Kier molecular flexibility index (Phi) is 2.15. The van der Waals surface area contributed by atoms with Crippen LogP contribution in [-0.4, -0.2) is 21.0 Å². The quantitative estimate of drug-likeness (QED) is 0.810. The van der Waals surface area contributed by atoms with Crippen LogP contribution in [0.3, 0.4) is 0 Å². The summed E-state index contributed by atoms with van der Waals surface area (Å²) in [6, 6.07) is 0. The molecule has 0 aliphatic rings. The average molecular weight is 206 g/mol. The Hall–Kier alpha value is -1.91. The van der Waals surface area contributed by atoms with Crippen LogP contribution in [0.5, 0.6) is 0 Å². The maximum atomic E-state index is 10.9. The van der Waals surface area contributed by atoms with Crippen LogP contribution in [0.2, 0.25) is 0 Å². The van der Waals surface area contributed by atoms with E-state index in [1.807, 2.05) is 6.92 Å². The molecular formula is C10H10N2O3. The van der Waals surface area contributed by atoms with Gasteiger partial charge in [0.25, 0.3) is 0 Å². The topological polar surface area (TPSA) is 76.2 Å². The number of fused-ring (bicyclic) bond motifs is 1. The highest BCUT2D eigenvalue weighted by Crippen LogP contribution is 2.24. The monoisotopic (exact) mass is 206 g/mol. The highest BCUT2D eigenvalue weighted by Gasteiger charge is 2.19. The van der Waals surface area contributed by atoms with Gasteiger partial charge in [-0.25, -0.2) is 14.8 Å². The smallest absolute Gasteiger partial charge is 0.374 e. The molecular weight excluding hydrogens is 196 g/mol. The third kappa shape index (κ3) is 1.45. The number of aryl methyl sites for hydroxylation is 2. The predicted molar refractivity (Wildman–Crippen MR) is 52.9 cm³/mol. The van der Waals surface area contributed by atoms with Gasteiger partial charge in [0.2, 0.25) is 5.76 Å². The van der Waals surface area contributed by atoms with Gasteiger partial charge in [-0.2, -0.15) is 0 Å². The zero-order valence-corrected chi connectivity index (χ0v) is 8.44. The first-order valence-corrected chi connectivity index (χ1v) is 4.61. The number of carboxylic acid groups (broad SMARTS) is 1. The van der Waals surface area contributed by atoms with Crippen molar-refractivity contribution in [2.45, 2.75) is 20.3 Å². The van der Waals surface area contributed by atoms with E-state index in [4.69, 9.17) is 9.52 Å². The maximum absolute atomic E-state index is 10.9. The lowest BCUT2D eigenvalue weighted by Crippen LogP contribution is -1.96. The number of carbonyl (C=O) groups is 1. The molecule has 0 radical (unpaired) electrons. The minimum absolute atomic E-state index is 0.104. The van der Waals surface area contributed by atoms with Crippen molar-refractivity contribution >= 4 is 16.9 Å². The summed E-state index contributed by atoms with van der Waals surface area (Å²) in [5.74, 6) is -0.0546. The van der Waals surface area contributed by atoms with Crippen molar-refractivity contribution < 1.29 is 14.3 Å². The summed E-state index contributed by atoms with van der Waals surface area (Å²) in [6.07, 6.45) is 2.22. The summed E-state index contributed by atoms with van der Waals surface area (Å²) >= 11 is 0. The lowest BCUT2D eigenvalue weighted by Gasteiger charge is -1.92. The van der Waals surface area contributed by atoms with Crippen molar-refractivity contribution in [1.29, 1.82) is 0 Å². The van der Waals surface area contributed by atoms with Gasteiger partial charge >= 0.3 is 5.97 Å². The number of hydrogen-bond donors (Lipinski definition) is 1. The number of carboxylic acids is 1. The molecule has 2 heterocycles. The number of nitrogens with zero attached hydrogens (tertiary/aromatic N) is 2. The Morgan fingerprint density at radius 2 is 2.33 bits per heavy atom. The molecule has 78 valence electrons. The van der Waals surface area contributed by atoms with Crippen LogP contribution in [0.15, 0.2) is 10.6 Å². The second kappa shape index (κ2) is 3.34. The molecule has 0 bridgehead atoms. The molecule has 0 fully saturated rings. The highest BCUT2D eigenvalue weighted by molar-refractivity contribution is 6.00. The lowest BCUT2D eigenvalue weighted by atomic mass is 10.2. The largest absolute Gasteiger partial charge is 0.475 e. The first-order valence-electron chi connectivity index (χ1n) is 4.61. The molecule has 2 aromatic heterocycles. The van der Waals surface area contributed by atoms with E-state index in [9.17, 15) is 4.79 Å². The number of aromatic nitrogens is 2. The van der Waals surface area contributed by atoms with Crippen LogP contribution in [0.25, 0.3) is 10.9 Å². The summed E-state index contributed by atoms with van der Waals surface area (Å²) in [5, 5.41) is 9.61. The lowest BCUT2D eigenvalue weighted by molar-refractivity contribution is 0.0663. The van der Waals surface area contributed by atoms with Crippen LogP contribution in [0, 0.1) is 6.92 Å². The molecule has 2 rings (SSSR count). The van der Waals surface area contributed by atoms with Gasteiger partial charge < -0.3 is 9.52 Å². The van der Waals surface area contributed by atoms with Crippen molar-refractivity contribution in [3.8, 4) is 0 Å². The summed E-state index contributed by atoms with van der Waals surface area (Å²) in [7, 11) is 0. The maximum Gasteiger partial charge on any atom is 0.374 e. The molecule has 2 aromatic rings. The first-order chi connectivity index (χ1) is 7.13. The molecule has 1 N–H and O–H groups in total. The number of rotatable bonds is 2. The van der Waals surface area contributed by atoms with Gasteiger partial charge in [0.1, 0.15) is 17.1 Å². The van der Waals surface area contributed by atoms with Gasteiger partial charge in [0, 0.05) is 12.6 Å². The minimum Gasteiger partial charge on any atom is -0.475 e. The Labute approximate surface area is 85.8 Å². The molecule has 0 aliphatic heterocycles. The van der Waals surface area contributed by atoms with Crippen molar-refractivity contribution in [2.75, 3.05) is 0 Å². The van der Waals surface area contributed by atoms with Gasteiger partial charge in [-0.3, -0.25) is 0 Å². The standard InChI is InChI=1S/C10H10N2O3/c1-3-7-6-4-11-5(2)12-8(6)9(15-7)10(13)14/h4H,3H2,1-2H3,(H,13,14). The molecule has 0 aliphatic carbocycles. The Balaban J connectivity index is 2.81. The fraction of sp³-hybridized carbons (Fsp3) is 0.300. The van der Waals surface area contributed by atoms with Gasteiger partial charge in [-0.15, -0.1) is 0 Å². The zero-order chi connectivity index (χ0) is 11.0. The molecule has 5 nitrogen and oxygen atoms in total. The number of aromatic carboxylic acids is 1. The Morgan fingerprint density at radius 3 is 2.93 bits per heavy atom. The van der Waals surface area contributed by atoms with Crippen molar-refractivity contribution in [1.82, 2.24) is 9.97 Å². The van der Waals surface area contributed by atoms with Gasteiger partial charge in [0.15, 0.2) is 0 Å². The van der Waals surface area contributed by atoms with E-state index < -0.39 is 5.97 Å². The van der Waals surface area contributed by atoms with Gasteiger partial charge in [0.05, 0.1) is 5.39 Å². The van der Waals surface area contributed by atoms with E-state index in [0.717, 1.165) is 0 Å². The van der Waals surface area contributed by atoms with E-state index >= 15 is 0 Å². The molecule has 0 saturated heterocycles. The second-order valence-electron chi connectivity index (χ2n) is 3.19. The summed E-state index contributed by atoms with van der Waals surface area (Å²) < 4.78 is 5.23. The van der Waals surface area contributed by atoms with E-state index in [1.165, 1.54) is 0 Å². The molecule has 0 unspecified atom stereocenters. The first kappa shape index (κ1) is 9.64. The van der Waals surface area contributed by atoms with Crippen molar-refractivity contribution in [3.05, 3.63) is 23.5 Å². The fourth-order valence-electron chi connectivity index (χ4n) is 1.48. The third-order valence-electron chi connectivity index (χ3n) is 2.17. The molecule has 0 amide bonds. The van der Waals surface area contributed by atoms with Crippen LogP contribution in [0.1, 0.15) is 29.1 Å². The Bertz CT molecular complexity index is 531. The summed E-state index contributed by atoms with van der Waals surface area (Å²) in [5.41, 5.74) is 0.381. The zero-order valence-electron chi connectivity index (χ0n) is 8.44. The van der Waals surface area contributed by atoms with Gasteiger partial charge in [-0.1, -0.05) is 6.92 Å². The predicted octanol–water partition coefficient (Wildman–Crippen LogP) is 1.79. The van der Waals surface area contributed by atoms with Crippen molar-refractivity contribution in [3.63, 3.8) is 0 Å². The van der Waals surface area contributed by atoms with E-state index in [-0.39, 0.29) is 5.76 Å². The minimum atomic E-state index is -1.10. The van der Waals surface area contributed by atoms with Crippen molar-refractivity contribution in [2.24, 2.45) is 0 Å². The molecule has 0 spiro atoms. The van der Waals surface area contributed by atoms with Crippen LogP contribution < -0.4 is 0 Å². The molecule has 5 heteroatoms. The number of furan rings is 1. The normalized spacial score (nSPS) is 10.8. The van der Waals surface area contributed by atoms with Crippen LogP contribution >= 0.6 is 0 Å². The van der Waals surface area contributed by atoms with E-state index in [2.05, 4.69) is 9.97 Å². The SMILES string of the molecule is CCc1oc(C(=O)O)c2nc(C)ncc12. The number of hydrogen-bond acceptors (Lipinski definition) is 4. The van der Waals surface area contributed by atoms with Crippen LogP contribution in [0.4, 0.5) is 0 Å². The Morgan fingerprint density at radius 1 is 1.60 bits per heavy atom. The van der Waals surface area contributed by atoms with E-state index in [1.54, 1.807) is 13.1 Å². The highest BCUT2D eigenvalue weighted by atomic mass is 16.4. The summed E-state index contributed by atoms with van der Waals surface area (Å²) in [6.45, 7) is 3.60. The third-order valence-corrected chi connectivity index (χ3v) is 2.17. The molecule has 15 heavy (non-hydrogen) atoms. The molecule has 0 atom stereocenters. The van der Waals surface area contributed by atoms with Gasteiger partial charge in [-0.05, 0) is 6.92 Å². The summed E-state index contributed by atoms with van der Waals surface area (Å²) in [4.78, 5) is 19.0. The second-order valence-corrected chi connectivity index (χ2v) is 3.19. The molecule has 0 saturated carbocycles. The fourth-order valence-corrected chi connectivity index (χ4v) is 1.48.